The van der Waals surface area contributed by atoms with Crippen LogP contribution < -0.4 is 0 Å². The van der Waals surface area contributed by atoms with Crippen molar-refractivity contribution in [3.63, 3.8) is 0 Å². The second-order valence-corrected chi connectivity index (χ2v) is 6.16. The Labute approximate surface area is 130 Å². The number of carbonyl (C=O) groups is 3. The third-order valence-corrected chi connectivity index (χ3v) is 4.32. The van der Waals surface area contributed by atoms with E-state index in [0.717, 1.165) is 12.0 Å². The van der Waals surface area contributed by atoms with Gasteiger partial charge in [-0.2, -0.15) is 0 Å². The molecular formula is C17H22O5. The highest BCUT2D eigenvalue weighted by molar-refractivity contribution is 5.98. The van der Waals surface area contributed by atoms with E-state index < -0.39 is 30.1 Å². The van der Waals surface area contributed by atoms with Crippen LogP contribution in [0, 0.1) is 11.8 Å². The number of ketones is 1. The molecule has 2 rings (SSSR count). The standard InChI is InChI=1S/C17H22O5/c1-9-6-5-7-10(2)15(19)16-14(11(3)17(20)22-16)13(8-9)21-12(4)18/h6,10,13-14,16H,3,5,7-8H2,1-2,4H3/b9-6+/t10?,13-,14-,16+/m1/s1. The van der Waals surface area contributed by atoms with Crippen molar-refractivity contribution >= 4 is 17.7 Å². The Kier molecular flexibility index (Phi) is 4.84. The first-order valence-corrected chi connectivity index (χ1v) is 7.57. The van der Waals surface area contributed by atoms with E-state index in [1.807, 2.05) is 13.8 Å². The van der Waals surface area contributed by atoms with Gasteiger partial charge in [-0.25, -0.2) is 4.79 Å². The van der Waals surface area contributed by atoms with E-state index in [4.69, 9.17) is 9.47 Å². The molecule has 1 unspecified atom stereocenters. The lowest BCUT2D eigenvalue weighted by Crippen LogP contribution is -2.40. The summed E-state index contributed by atoms with van der Waals surface area (Å²) in [5, 5.41) is 0. The summed E-state index contributed by atoms with van der Waals surface area (Å²) in [6.45, 7) is 8.86. The number of allylic oxidation sites excluding steroid dienone is 1. The zero-order chi connectivity index (χ0) is 16.4. The molecule has 0 bridgehead atoms. The summed E-state index contributed by atoms with van der Waals surface area (Å²) in [5.41, 5.74) is 1.28. The fraction of sp³-hybridized carbons (Fsp3) is 0.588. The monoisotopic (exact) mass is 306 g/mol. The molecule has 1 heterocycles. The highest BCUT2D eigenvalue weighted by Crippen LogP contribution is 2.36. The molecule has 0 aromatic heterocycles. The highest BCUT2D eigenvalue weighted by Gasteiger charge is 2.49. The number of carbonyl (C=O) groups excluding carboxylic acids is 3. The zero-order valence-electron chi connectivity index (χ0n) is 13.3. The van der Waals surface area contributed by atoms with E-state index in [-0.39, 0.29) is 17.3 Å². The van der Waals surface area contributed by atoms with E-state index in [1.54, 1.807) is 0 Å². The number of rotatable bonds is 1. The number of fused-ring (bicyclic) bond motifs is 1. The molecule has 4 atom stereocenters. The molecule has 0 saturated carbocycles. The van der Waals surface area contributed by atoms with Crippen LogP contribution in [0.2, 0.25) is 0 Å². The SMILES string of the molecule is C=C1C(=O)O[C@@H]2C(=O)C(C)CC/C=C(\C)C[C@@H](OC(C)=O)[C@@H]12. The fourth-order valence-corrected chi connectivity index (χ4v) is 3.10. The molecule has 0 amide bonds. The summed E-state index contributed by atoms with van der Waals surface area (Å²) in [4.78, 5) is 35.9. The summed E-state index contributed by atoms with van der Waals surface area (Å²) >= 11 is 0. The number of hydrogen-bond donors (Lipinski definition) is 0. The maximum atomic E-state index is 12.6. The van der Waals surface area contributed by atoms with Gasteiger partial charge < -0.3 is 9.47 Å². The molecule has 5 nitrogen and oxygen atoms in total. The Balaban J connectivity index is 2.42. The number of ether oxygens (including phenoxy) is 2. The normalized spacial score (nSPS) is 35.2. The van der Waals surface area contributed by atoms with Crippen LogP contribution in [0.5, 0.6) is 0 Å². The quantitative estimate of drug-likeness (QED) is 0.422. The third-order valence-electron chi connectivity index (χ3n) is 4.32. The molecule has 120 valence electrons. The predicted octanol–water partition coefficient (Wildman–Crippen LogP) is 2.35. The second kappa shape index (κ2) is 6.46. The van der Waals surface area contributed by atoms with Gasteiger partial charge in [0.05, 0.1) is 5.92 Å². The minimum absolute atomic E-state index is 0.123. The van der Waals surface area contributed by atoms with Crippen LogP contribution in [0.15, 0.2) is 23.8 Å². The lowest BCUT2D eigenvalue weighted by Gasteiger charge is -2.28. The highest BCUT2D eigenvalue weighted by atomic mass is 16.6. The first-order valence-electron chi connectivity index (χ1n) is 7.57. The smallest absolute Gasteiger partial charge is 0.334 e. The van der Waals surface area contributed by atoms with E-state index in [2.05, 4.69) is 12.7 Å². The Morgan fingerprint density at radius 3 is 2.73 bits per heavy atom. The molecule has 0 N–H and O–H groups in total. The zero-order valence-corrected chi connectivity index (χ0v) is 13.3. The van der Waals surface area contributed by atoms with Gasteiger partial charge in [-0.05, 0) is 19.8 Å². The number of hydrogen-bond acceptors (Lipinski definition) is 5. The topological polar surface area (TPSA) is 69.7 Å². The van der Waals surface area contributed by atoms with Crippen LogP contribution in [0.1, 0.15) is 40.0 Å². The van der Waals surface area contributed by atoms with Gasteiger partial charge in [0.2, 0.25) is 0 Å². The van der Waals surface area contributed by atoms with Crippen molar-refractivity contribution in [1.82, 2.24) is 0 Å². The van der Waals surface area contributed by atoms with Gasteiger partial charge in [-0.15, -0.1) is 0 Å². The average molecular weight is 306 g/mol. The summed E-state index contributed by atoms with van der Waals surface area (Å²) in [6.07, 6.45) is 2.51. The Morgan fingerprint density at radius 1 is 1.41 bits per heavy atom. The van der Waals surface area contributed by atoms with E-state index in [1.165, 1.54) is 6.92 Å². The minimum Gasteiger partial charge on any atom is -0.461 e. The summed E-state index contributed by atoms with van der Waals surface area (Å²) < 4.78 is 10.6. The molecule has 1 fully saturated rings. The molecule has 0 aromatic rings. The minimum atomic E-state index is -0.898. The molecule has 1 saturated heterocycles. The van der Waals surface area contributed by atoms with Gasteiger partial charge in [-0.3, -0.25) is 9.59 Å². The van der Waals surface area contributed by atoms with Gasteiger partial charge in [-0.1, -0.05) is 25.2 Å². The fourth-order valence-electron chi connectivity index (χ4n) is 3.10. The van der Waals surface area contributed by atoms with Crippen molar-refractivity contribution in [2.45, 2.75) is 52.2 Å². The van der Waals surface area contributed by atoms with Crippen molar-refractivity contribution in [3.8, 4) is 0 Å². The van der Waals surface area contributed by atoms with E-state index >= 15 is 0 Å². The molecule has 0 radical (unpaired) electrons. The Bertz CT molecular complexity index is 545. The van der Waals surface area contributed by atoms with Crippen LogP contribution in [0.4, 0.5) is 0 Å². The van der Waals surface area contributed by atoms with Crippen LogP contribution in [0.3, 0.4) is 0 Å². The van der Waals surface area contributed by atoms with Gasteiger partial charge in [0.25, 0.3) is 0 Å². The molecule has 22 heavy (non-hydrogen) atoms. The largest absolute Gasteiger partial charge is 0.461 e. The lowest BCUT2D eigenvalue weighted by molar-refractivity contribution is -0.154. The molecule has 5 heteroatoms. The third kappa shape index (κ3) is 3.29. The first kappa shape index (κ1) is 16.5. The predicted molar refractivity (Wildman–Crippen MR) is 79.8 cm³/mol. The van der Waals surface area contributed by atoms with Crippen molar-refractivity contribution in [1.29, 1.82) is 0 Å². The number of Topliss-reactive ketones (excluding diaryl/α,β-unsaturated/α-hetero) is 1. The first-order chi connectivity index (χ1) is 10.3. The summed E-state index contributed by atoms with van der Waals surface area (Å²) in [7, 11) is 0. The van der Waals surface area contributed by atoms with Gasteiger partial charge >= 0.3 is 11.9 Å². The maximum absolute atomic E-state index is 12.6. The molecule has 0 aromatic carbocycles. The van der Waals surface area contributed by atoms with Crippen molar-refractivity contribution in [2.75, 3.05) is 0 Å². The van der Waals surface area contributed by atoms with Crippen LogP contribution in [0.25, 0.3) is 0 Å². The number of esters is 2. The average Bonchev–Trinajstić information content (AvgIpc) is 2.72. The lowest BCUT2D eigenvalue weighted by atomic mass is 9.81. The van der Waals surface area contributed by atoms with Crippen molar-refractivity contribution in [3.05, 3.63) is 23.8 Å². The van der Waals surface area contributed by atoms with Crippen LogP contribution >= 0.6 is 0 Å². The summed E-state index contributed by atoms with van der Waals surface area (Å²) in [6, 6.07) is 0. The van der Waals surface area contributed by atoms with E-state index in [0.29, 0.717) is 12.8 Å². The molecular weight excluding hydrogens is 284 g/mol. The maximum Gasteiger partial charge on any atom is 0.334 e. The van der Waals surface area contributed by atoms with Gasteiger partial charge in [0, 0.05) is 24.8 Å². The Hall–Kier alpha value is -1.91. The molecule has 1 aliphatic carbocycles. The Morgan fingerprint density at radius 2 is 2.09 bits per heavy atom. The van der Waals surface area contributed by atoms with Crippen LogP contribution in [-0.4, -0.2) is 29.9 Å². The van der Waals surface area contributed by atoms with Gasteiger partial charge in [0.15, 0.2) is 11.9 Å². The van der Waals surface area contributed by atoms with E-state index in [9.17, 15) is 14.4 Å². The molecule has 2 aliphatic rings. The van der Waals surface area contributed by atoms with Crippen molar-refractivity contribution in [2.24, 2.45) is 11.8 Å². The summed E-state index contributed by atoms with van der Waals surface area (Å²) in [5.74, 6) is -1.96. The van der Waals surface area contributed by atoms with Crippen LogP contribution in [-0.2, 0) is 23.9 Å². The second-order valence-electron chi connectivity index (χ2n) is 6.16. The van der Waals surface area contributed by atoms with Crippen molar-refractivity contribution < 1.29 is 23.9 Å². The van der Waals surface area contributed by atoms with Gasteiger partial charge in [0.1, 0.15) is 6.10 Å². The molecule has 1 aliphatic heterocycles. The molecule has 0 spiro atoms.